The minimum atomic E-state index is 0.114. The van der Waals surface area contributed by atoms with Crippen LogP contribution in [0.3, 0.4) is 0 Å². The third kappa shape index (κ3) is 3.08. The van der Waals surface area contributed by atoms with Gasteiger partial charge in [-0.3, -0.25) is 14.5 Å². The van der Waals surface area contributed by atoms with E-state index in [9.17, 15) is 4.79 Å². The molecule has 0 saturated carbocycles. The molecule has 0 aromatic carbocycles. The first kappa shape index (κ1) is 13.5. The van der Waals surface area contributed by atoms with Crippen LogP contribution in [-0.2, 0) is 13.0 Å². The van der Waals surface area contributed by atoms with E-state index in [0.717, 1.165) is 34.9 Å². The van der Waals surface area contributed by atoms with Crippen molar-refractivity contribution >= 4 is 5.78 Å². The molecule has 0 N–H and O–H groups in total. The summed E-state index contributed by atoms with van der Waals surface area (Å²) in [7, 11) is 0. The predicted molar refractivity (Wildman–Crippen MR) is 74.4 cm³/mol. The molecule has 100 valence electrons. The molecule has 2 aromatic heterocycles. The van der Waals surface area contributed by atoms with Crippen LogP contribution in [0.5, 0.6) is 0 Å². The number of carbonyl (C=O) groups excluding carboxylic acids is 1. The van der Waals surface area contributed by atoms with E-state index in [-0.39, 0.29) is 5.78 Å². The largest absolute Gasteiger partial charge is 0.294 e. The van der Waals surface area contributed by atoms with E-state index >= 15 is 0 Å². The van der Waals surface area contributed by atoms with Crippen molar-refractivity contribution in [1.82, 2.24) is 14.8 Å². The minimum absolute atomic E-state index is 0.114. The molecule has 0 spiro atoms. The molecule has 0 unspecified atom stereocenters. The van der Waals surface area contributed by atoms with Gasteiger partial charge < -0.3 is 0 Å². The van der Waals surface area contributed by atoms with E-state index in [2.05, 4.69) is 10.1 Å². The second kappa shape index (κ2) is 5.34. The van der Waals surface area contributed by atoms with Gasteiger partial charge in [-0.1, -0.05) is 0 Å². The molecule has 0 radical (unpaired) electrons. The van der Waals surface area contributed by atoms with Gasteiger partial charge in [-0.25, -0.2) is 0 Å². The zero-order valence-corrected chi connectivity index (χ0v) is 11.9. The molecule has 4 nitrogen and oxygen atoms in total. The summed E-state index contributed by atoms with van der Waals surface area (Å²) in [6.07, 6.45) is 0.386. The van der Waals surface area contributed by atoms with Crippen molar-refractivity contribution in [2.75, 3.05) is 0 Å². The van der Waals surface area contributed by atoms with Gasteiger partial charge in [-0.05, 0) is 45.9 Å². The lowest BCUT2D eigenvalue weighted by Crippen LogP contribution is -2.10. The molecular weight excluding hydrogens is 238 g/mol. The van der Waals surface area contributed by atoms with Crippen LogP contribution in [0, 0.1) is 20.8 Å². The SMILES string of the molecule is CCn1nc(C)cc1CC(=O)c1cc(C)nc(C)c1. The highest BCUT2D eigenvalue weighted by molar-refractivity contribution is 5.97. The standard InChI is InChI=1S/C15H19N3O/c1-5-18-14(8-12(4)17-18)9-15(19)13-6-10(2)16-11(3)7-13/h6-8H,5,9H2,1-4H3. The highest BCUT2D eigenvalue weighted by atomic mass is 16.1. The summed E-state index contributed by atoms with van der Waals surface area (Å²) in [6.45, 7) is 8.57. The van der Waals surface area contributed by atoms with Gasteiger partial charge in [-0.2, -0.15) is 5.10 Å². The maximum Gasteiger partial charge on any atom is 0.168 e. The topological polar surface area (TPSA) is 47.8 Å². The molecule has 2 rings (SSSR count). The van der Waals surface area contributed by atoms with E-state index in [0.29, 0.717) is 6.42 Å². The van der Waals surface area contributed by atoms with Crippen molar-refractivity contribution in [2.24, 2.45) is 0 Å². The lowest BCUT2D eigenvalue weighted by Gasteiger charge is -2.05. The third-order valence-corrected chi connectivity index (χ3v) is 3.03. The van der Waals surface area contributed by atoms with Crippen LogP contribution in [-0.4, -0.2) is 20.5 Å². The Hall–Kier alpha value is -1.97. The molecule has 0 bridgehead atoms. The van der Waals surface area contributed by atoms with Gasteiger partial charge in [-0.15, -0.1) is 0 Å². The van der Waals surface area contributed by atoms with Crippen LogP contribution >= 0.6 is 0 Å². The Morgan fingerprint density at radius 1 is 1.11 bits per heavy atom. The minimum Gasteiger partial charge on any atom is -0.294 e. The van der Waals surface area contributed by atoms with E-state index in [1.165, 1.54) is 0 Å². The van der Waals surface area contributed by atoms with Gasteiger partial charge in [0.05, 0.1) is 12.1 Å². The fraction of sp³-hybridized carbons (Fsp3) is 0.400. The monoisotopic (exact) mass is 257 g/mol. The maximum atomic E-state index is 12.3. The summed E-state index contributed by atoms with van der Waals surface area (Å²) in [5, 5.41) is 4.36. The molecule has 2 heterocycles. The first-order chi connectivity index (χ1) is 8.99. The molecule has 0 aliphatic rings. The van der Waals surface area contributed by atoms with Crippen LogP contribution in [0.25, 0.3) is 0 Å². The van der Waals surface area contributed by atoms with Crippen LogP contribution in [0.1, 0.15) is 40.1 Å². The summed E-state index contributed by atoms with van der Waals surface area (Å²) in [6, 6.07) is 5.66. The number of hydrogen-bond acceptors (Lipinski definition) is 3. The van der Waals surface area contributed by atoms with Crippen LogP contribution < -0.4 is 0 Å². The molecule has 0 atom stereocenters. The number of carbonyl (C=O) groups is 1. The van der Waals surface area contributed by atoms with Crippen molar-refractivity contribution in [3.63, 3.8) is 0 Å². The molecule has 0 aliphatic carbocycles. The van der Waals surface area contributed by atoms with Gasteiger partial charge in [0.2, 0.25) is 0 Å². The highest BCUT2D eigenvalue weighted by Crippen LogP contribution is 2.11. The van der Waals surface area contributed by atoms with E-state index < -0.39 is 0 Å². The Morgan fingerprint density at radius 3 is 2.32 bits per heavy atom. The summed E-state index contributed by atoms with van der Waals surface area (Å²) in [4.78, 5) is 16.6. The van der Waals surface area contributed by atoms with E-state index in [4.69, 9.17) is 0 Å². The van der Waals surface area contributed by atoms with Crippen molar-refractivity contribution in [3.8, 4) is 0 Å². The first-order valence-electron chi connectivity index (χ1n) is 6.51. The highest BCUT2D eigenvalue weighted by Gasteiger charge is 2.12. The molecule has 0 fully saturated rings. The summed E-state index contributed by atoms with van der Waals surface area (Å²) in [5.41, 5.74) is 4.41. The van der Waals surface area contributed by atoms with Crippen LogP contribution in [0.4, 0.5) is 0 Å². The van der Waals surface area contributed by atoms with Gasteiger partial charge in [0, 0.05) is 29.2 Å². The van der Waals surface area contributed by atoms with Gasteiger partial charge in [0.25, 0.3) is 0 Å². The fourth-order valence-corrected chi connectivity index (χ4v) is 2.28. The molecule has 0 saturated heterocycles. The van der Waals surface area contributed by atoms with Crippen LogP contribution in [0.2, 0.25) is 0 Å². The maximum absolute atomic E-state index is 12.3. The third-order valence-electron chi connectivity index (χ3n) is 3.03. The molecule has 4 heteroatoms. The normalized spacial score (nSPS) is 10.7. The van der Waals surface area contributed by atoms with Crippen molar-refractivity contribution in [3.05, 3.63) is 46.5 Å². The van der Waals surface area contributed by atoms with Gasteiger partial charge in [0.1, 0.15) is 0 Å². The second-order valence-corrected chi connectivity index (χ2v) is 4.83. The van der Waals surface area contributed by atoms with Crippen LogP contribution in [0.15, 0.2) is 18.2 Å². The molecule has 2 aromatic rings. The Morgan fingerprint density at radius 2 is 1.74 bits per heavy atom. The summed E-state index contributed by atoms with van der Waals surface area (Å²) < 4.78 is 1.88. The number of rotatable bonds is 4. The molecule has 0 aliphatic heterocycles. The quantitative estimate of drug-likeness (QED) is 0.791. The number of hydrogen-bond donors (Lipinski definition) is 0. The van der Waals surface area contributed by atoms with Gasteiger partial charge in [0.15, 0.2) is 5.78 Å². The smallest absolute Gasteiger partial charge is 0.168 e. The number of ketones is 1. The number of pyridine rings is 1. The zero-order chi connectivity index (χ0) is 14.0. The van der Waals surface area contributed by atoms with E-state index in [1.807, 2.05) is 50.6 Å². The average Bonchev–Trinajstić information content (AvgIpc) is 2.68. The fourth-order valence-electron chi connectivity index (χ4n) is 2.28. The Bertz CT molecular complexity index is 594. The Labute approximate surface area is 113 Å². The zero-order valence-electron chi connectivity index (χ0n) is 11.9. The van der Waals surface area contributed by atoms with E-state index in [1.54, 1.807) is 0 Å². The molecular formula is C15H19N3O. The number of nitrogens with zero attached hydrogens (tertiary/aromatic N) is 3. The Kier molecular flexibility index (Phi) is 3.79. The van der Waals surface area contributed by atoms with Crippen molar-refractivity contribution in [1.29, 1.82) is 0 Å². The number of aromatic nitrogens is 3. The predicted octanol–water partition coefficient (Wildman–Crippen LogP) is 2.65. The molecule has 0 amide bonds. The average molecular weight is 257 g/mol. The molecule has 19 heavy (non-hydrogen) atoms. The summed E-state index contributed by atoms with van der Waals surface area (Å²) >= 11 is 0. The summed E-state index contributed by atoms with van der Waals surface area (Å²) in [5.74, 6) is 0.114. The number of Topliss-reactive ketones (excluding diaryl/α,β-unsaturated/α-hetero) is 1. The number of aryl methyl sites for hydroxylation is 4. The first-order valence-corrected chi connectivity index (χ1v) is 6.51. The second-order valence-electron chi connectivity index (χ2n) is 4.83. The van der Waals surface area contributed by atoms with Gasteiger partial charge >= 0.3 is 0 Å². The van der Waals surface area contributed by atoms with Crippen molar-refractivity contribution < 1.29 is 4.79 Å². The lowest BCUT2D eigenvalue weighted by molar-refractivity contribution is 0.0990. The Balaban J connectivity index is 2.25. The van der Waals surface area contributed by atoms with Crippen molar-refractivity contribution in [2.45, 2.75) is 40.7 Å². The lowest BCUT2D eigenvalue weighted by atomic mass is 10.1.